The number of fused-ring (bicyclic) bond motifs is 1. The molecule has 0 radical (unpaired) electrons. The van der Waals surface area contributed by atoms with E-state index in [4.69, 9.17) is 18.9 Å². The number of ketones is 1. The summed E-state index contributed by atoms with van der Waals surface area (Å²) in [7, 11) is 1.56. The zero-order chi connectivity index (χ0) is 28.5. The van der Waals surface area contributed by atoms with Crippen LogP contribution in [-0.4, -0.2) is 42.1 Å². The maximum absolute atomic E-state index is 12.9. The second-order valence-electron chi connectivity index (χ2n) is 8.77. The lowest BCUT2D eigenvalue weighted by atomic mass is 9.89. The Morgan fingerprint density at radius 1 is 0.897 bits per heavy atom. The Balaban J connectivity index is 0.000000272. The molecular weight excluding hydrogens is 508 g/mol. The highest BCUT2D eigenvalue weighted by Crippen LogP contribution is 2.36. The number of aryl methyl sites for hydroxylation is 1. The molecule has 0 aliphatic carbocycles. The normalized spacial score (nSPS) is 15.6. The second kappa shape index (κ2) is 13.2. The molecule has 1 heterocycles. The molecule has 3 aromatic rings. The SMILES string of the molecule is CCCOc1ccc([N+](=O)[O-])cc1.COc1cc2c(cc1C)OC(C)C(COc1ccc([N+](=O)[O-])cc1)C2=O. The lowest BCUT2D eigenvalue weighted by Gasteiger charge is -2.30. The van der Waals surface area contributed by atoms with Crippen LogP contribution >= 0.6 is 0 Å². The van der Waals surface area contributed by atoms with Crippen molar-refractivity contribution in [1.82, 2.24) is 0 Å². The Hall–Kier alpha value is -4.67. The number of nitro benzene ring substituents is 2. The number of carbonyl (C=O) groups excluding carboxylic acids is 1. The van der Waals surface area contributed by atoms with Crippen molar-refractivity contribution in [2.45, 2.75) is 33.3 Å². The molecule has 0 bridgehead atoms. The number of hydrogen-bond acceptors (Lipinski definition) is 9. The van der Waals surface area contributed by atoms with Crippen molar-refractivity contribution in [3.8, 4) is 23.0 Å². The molecule has 0 fully saturated rings. The third-order valence-corrected chi connectivity index (χ3v) is 5.98. The van der Waals surface area contributed by atoms with E-state index in [2.05, 4.69) is 0 Å². The molecule has 0 aromatic heterocycles. The Morgan fingerprint density at radius 2 is 1.44 bits per heavy atom. The second-order valence-corrected chi connectivity index (χ2v) is 8.77. The molecule has 1 aliphatic heterocycles. The summed E-state index contributed by atoms with van der Waals surface area (Å²) in [6.45, 7) is 6.47. The number of non-ortho nitro benzene ring substituents is 2. The molecule has 0 saturated carbocycles. The molecule has 11 nitrogen and oxygen atoms in total. The van der Waals surface area contributed by atoms with Gasteiger partial charge >= 0.3 is 0 Å². The smallest absolute Gasteiger partial charge is 0.269 e. The van der Waals surface area contributed by atoms with Crippen LogP contribution in [0.2, 0.25) is 0 Å². The van der Waals surface area contributed by atoms with Gasteiger partial charge in [0.2, 0.25) is 0 Å². The van der Waals surface area contributed by atoms with Gasteiger partial charge < -0.3 is 18.9 Å². The number of nitro groups is 2. The molecule has 39 heavy (non-hydrogen) atoms. The van der Waals surface area contributed by atoms with Crippen LogP contribution in [0, 0.1) is 33.1 Å². The van der Waals surface area contributed by atoms with Crippen LogP contribution in [0.4, 0.5) is 11.4 Å². The van der Waals surface area contributed by atoms with Crippen LogP contribution in [0.25, 0.3) is 0 Å². The Kier molecular flexibility index (Phi) is 9.80. The number of Topliss-reactive ketones (excluding diaryl/α,β-unsaturated/α-hetero) is 1. The third kappa shape index (κ3) is 7.44. The number of rotatable bonds is 9. The minimum absolute atomic E-state index is 0.0146. The first-order valence-corrected chi connectivity index (χ1v) is 12.3. The van der Waals surface area contributed by atoms with Gasteiger partial charge in [-0.1, -0.05) is 6.92 Å². The molecule has 11 heteroatoms. The van der Waals surface area contributed by atoms with Crippen molar-refractivity contribution in [2.75, 3.05) is 20.3 Å². The van der Waals surface area contributed by atoms with Gasteiger partial charge in [0.15, 0.2) is 5.78 Å². The van der Waals surface area contributed by atoms with Crippen LogP contribution in [0.3, 0.4) is 0 Å². The summed E-state index contributed by atoms with van der Waals surface area (Å²) in [5.74, 6) is 1.76. The highest BCUT2D eigenvalue weighted by atomic mass is 16.6. The van der Waals surface area contributed by atoms with Crippen molar-refractivity contribution >= 4 is 17.2 Å². The van der Waals surface area contributed by atoms with E-state index in [9.17, 15) is 25.0 Å². The summed E-state index contributed by atoms with van der Waals surface area (Å²) in [6, 6.07) is 15.3. The third-order valence-electron chi connectivity index (χ3n) is 5.98. The lowest BCUT2D eigenvalue weighted by molar-refractivity contribution is -0.385. The summed E-state index contributed by atoms with van der Waals surface area (Å²) in [5, 5.41) is 21.0. The topological polar surface area (TPSA) is 140 Å². The minimum Gasteiger partial charge on any atom is -0.496 e. The average Bonchev–Trinajstić information content (AvgIpc) is 2.92. The van der Waals surface area contributed by atoms with Crippen LogP contribution < -0.4 is 18.9 Å². The summed E-state index contributed by atoms with van der Waals surface area (Å²) in [5.41, 5.74) is 1.44. The number of methoxy groups -OCH3 is 1. The van der Waals surface area contributed by atoms with E-state index in [0.29, 0.717) is 35.2 Å². The van der Waals surface area contributed by atoms with E-state index in [1.807, 2.05) is 20.8 Å². The van der Waals surface area contributed by atoms with Gasteiger partial charge in [0.05, 0.1) is 35.0 Å². The molecule has 0 saturated heterocycles. The summed E-state index contributed by atoms with van der Waals surface area (Å²) in [4.78, 5) is 32.9. The Labute approximate surface area is 225 Å². The van der Waals surface area contributed by atoms with Gasteiger partial charge in [-0.2, -0.15) is 0 Å². The largest absolute Gasteiger partial charge is 0.496 e. The highest BCUT2D eigenvalue weighted by molar-refractivity contribution is 6.02. The van der Waals surface area contributed by atoms with Gasteiger partial charge in [-0.15, -0.1) is 0 Å². The number of hydrogen-bond donors (Lipinski definition) is 0. The number of ether oxygens (including phenoxy) is 4. The fraction of sp³-hybridized carbons (Fsp3) is 0.321. The lowest BCUT2D eigenvalue weighted by Crippen LogP contribution is -2.39. The molecule has 2 atom stereocenters. The minimum atomic E-state index is -0.481. The van der Waals surface area contributed by atoms with Gasteiger partial charge in [-0.25, -0.2) is 0 Å². The molecule has 0 amide bonds. The fourth-order valence-electron chi connectivity index (χ4n) is 3.81. The van der Waals surface area contributed by atoms with E-state index in [1.54, 1.807) is 31.4 Å². The number of carbonyl (C=O) groups is 1. The van der Waals surface area contributed by atoms with E-state index >= 15 is 0 Å². The molecule has 1 aliphatic rings. The maximum atomic E-state index is 12.9. The van der Waals surface area contributed by atoms with Gasteiger partial charge in [0, 0.05) is 24.3 Å². The molecule has 3 aromatic carbocycles. The van der Waals surface area contributed by atoms with Crippen molar-refractivity contribution in [2.24, 2.45) is 5.92 Å². The van der Waals surface area contributed by atoms with Crippen molar-refractivity contribution < 1.29 is 33.6 Å². The van der Waals surface area contributed by atoms with Crippen LogP contribution in [0.15, 0.2) is 60.7 Å². The average molecular weight is 539 g/mol. The van der Waals surface area contributed by atoms with Crippen molar-refractivity contribution in [3.63, 3.8) is 0 Å². The van der Waals surface area contributed by atoms with Gasteiger partial charge in [0.1, 0.15) is 35.7 Å². The molecular formula is C28H30N2O9. The first kappa shape index (κ1) is 28.9. The number of nitrogens with zero attached hydrogens (tertiary/aromatic N) is 2. The van der Waals surface area contributed by atoms with Gasteiger partial charge in [-0.05, 0) is 62.2 Å². The van der Waals surface area contributed by atoms with E-state index in [1.165, 1.54) is 36.4 Å². The van der Waals surface area contributed by atoms with E-state index in [0.717, 1.165) is 12.0 Å². The summed E-state index contributed by atoms with van der Waals surface area (Å²) >= 11 is 0. The molecule has 2 unspecified atom stereocenters. The summed E-state index contributed by atoms with van der Waals surface area (Å²) < 4.78 is 22.1. The van der Waals surface area contributed by atoms with Crippen molar-refractivity contribution in [1.29, 1.82) is 0 Å². The summed E-state index contributed by atoms with van der Waals surface area (Å²) in [6.07, 6.45) is 0.581. The highest BCUT2D eigenvalue weighted by Gasteiger charge is 2.36. The Bertz CT molecular complexity index is 1310. The predicted molar refractivity (Wildman–Crippen MR) is 143 cm³/mol. The monoisotopic (exact) mass is 538 g/mol. The van der Waals surface area contributed by atoms with E-state index in [-0.39, 0.29) is 29.9 Å². The zero-order valence-electron chi connectivity index (χ0n) is 22.1. The first-order valence-electron chi connectivity index (χ1n) is 12.3. The maximum Gasteiger partial charge on any atom is 0.269 e. The standard InChI is InChI=1S/C19H19NO6.C9H11NO3/c1-11-8-18-15(9-17(11)24-3)19(21)16(12(2)26-18)10-25-14-6-4-13(5-7-14)20(22)23;1-2-7-13-9-5-3-8(4-6-9)10(11)12/h4-9,12,16H,10H2,1-3H3;3-6H,2,7H2,1H3. The van der Waals surface area contributed by atoms with Gasteiger partial charge in [0.25, 0.3) is 11.4 Å². The molecule has 0 N–H and O–H groups in total. The van der Waals surface area contributed by atoms with Crippen LogP contribution in [0.1, 0.15) is 36.2 Å². The molecule has 0 spiro atoms. The quantitative estimate of drug-likeness (QED) is 0.238. The fourth-order valence-corrected chi connectivity index (χ4v) is 3.81. The van der Waals surface area contributed by atoms with E-state index < -0.39 is 15.8 Å². The predicted octanol–water partition coefficient (Wildman–Crippen LogP) is 5.95. The molecule has 4 rings (SSSR count). The van der Waals surface area contributed by atoms with Gasteiger partial charge in [-0.3, -0.25) is 25.0 Å². The molecule has 206 valence electrons. The first-order chi connectivity index (χ1) is 18.6. The van der Waals surface area contributed by atoms with Crippen LogP contribution in [0.5, 0.6) is 23.0 Å². The van der Waals surface area contributed by atoms with Crippen molar-refractivity contribution in [3.05, 3.63) is 92.0 Å². The zero-order valence-corrected chi connectivity index (χ0v) is 22.1. The Morgan fingerprint density at radius 3 is 1.92 bits per heavy atom. The number of benzene rings is 3. The van der Waals surface area contributed by atoms with Crippen LogP contribution in [-0.2, 0) is 0 Å².